The number of urea groups is 1. The lowest BCUT2D eigenvalue weighted by Gasteiger charge is -2.29. The van der Waals surface area contributed by atoms with Crippen molar-refractivity contribution in [3.63, 3.8) is 0 Å². The van der Waals surface area contributed by atoms with Gasteiger partial charge in [0.05, 0.1) is 11.3 Å². The quantitative estimate of drug-likeness (QED) is 0.760. The van der Waals surface area contributed by atoms with E-state index < -0.39 is 23.2 Å². The summed E-state index contributed by atoms with van der Waals surface area (Å²) in [6.45, 7) is 6.47. The minimum absolute atomic E-state index is 0.161. The molecule has 1 rings (SSSR count). The third-order valence-electron chi connectivity index (χ3n) is 3.91. The van der Waals surface area contributed by atoms with E-state index in [9.17, 15) is 14.4 Å². The average molecular weight is 285 g/mol. The predicted molar refractivity (Wildman–Crippen MR) is 72.9 cm³/mol. The molecule has 114 valence electrons. The molecule has 0 aromatic heterocycles. The lowest BCUT2D eigenvalue weighted by Crippen LogP contribution is -2.46. The van der Waals surface area contributed by atoms with E-state index in [-0.39, 0.29) is 12.6 Å². The number of nitrogens with zero attached hydrogens (tertiary/aromatic N) is 2. The zero-order valence-corrected chi connectivity index (χ0v) is 12.3. The zero-order chi connectivity index (χ0) is 15.5. The fourth-order valence-electron chi connectivity index (χ4n) is 2.28. The number of carbonyl (C=O) groups is 3. The molecule has 0 aliphatic carbocycles. The molecule has 1 aliphatic heterocycles. The molecular formula is C13H23N3O4. The van der Waals surface area contributed by atoms with Crippen LogP contribution in [0.1, 0.15) is 27.2 Å². The van der Waals surface area contributed by atoms with E-state index in [1.165, 1.54) is 4.90 Å². The minimum Gasteiger partial charge on any atom is -0.481 e. The van der Waals surface area contributed by atoms with Crippen LogP contribution < -0.4 is 5.73 Å². The summed E-state index contributed by atoms with van der Waals surface area (Å²) in [6.07, 6.45) is 0.542. The van der Waals surface area contributed by atoms with Crippen molar-refractivity contribution in [2.75, 3.05) is 26.2 Å². The van der Waals surface area contributed by atoms with Gasteiger partial charge in [0.2, 0.25) is 5.91 Å². The summed E-state index contributed by atoms with van der Waals surface area (Å²) in [7, 11) is 0. The molecule has 0 aromatic rings. The Hall–Kier alpha value is -1.79. The van der Waals surface area contributed by atoms with Crippen molar-refractivity contribution < 1.29 is 19.5 Å². The van der Waals surface area contributed by atoms with Crippen molar-refractivity contribution in [3.8, 4) is 0 Å². The van der Waals surface area contributed by atoms with E-state index >= 15 is 0 Å². The number of carboxylic acids is 1. The van der Waals surface area contributed by atoms with Gasteiger partial charge >= 0.3 is 12.0 Å². The number of aliphatic carboxylic acids is 1. The summed E-state index contributed by atoms with van der Waals surface area (Å²) in [5.41, 5.74) is 4.67. The fraction of sp³-hybridized carbons (Fsp3) is 0.769. The lowest BCUT2D eigenvalue weighted by atomic mass is 9.89. The largest absolute Gasteiger partial charge is 0.481 e. The molecule has 20 heavy (non-hydrogen) atoms. The van der Waals surface area contributed by atoms with Gasteiger partial charge in [-0.25, -0.2) is 4.79 Å². The Morgan fingerprint density at radius 2 is 2.05 bits per heavy atom. The van der Waals surface area contributed by atoms with E-state index in [1.807, 2.05) is 0 Å². The van der Waals surface area contributed by atoms with Crippen LogP contribution in [0, 0.1) is 11.3 Å². The summed E-state index contributed by atoms with van der Waals surface area (Å²) in [6, 6.07) is -0.231. The van der Waals surface area contributed by atoms with Gasteiger partial charge in [-0.3, -0.25) is 9.59 Å². The molecule has 1 fully saturated rings. The van der Waals surface area contributed by atoms with Crippen molar-refractivity contribution in [2.45, 2.75) is 27.2 Å². The molecule has 2 unspecified atom stereocenters. The second-order valence-electron chi connectivity index (χ2n) is 5.66. The number of hydrogen-bond donors (Lipinski definition) is 2. The number of hydrogen-bond acceptors (Lipinski definition) is 3. The first-order chi connectivity index (χ1) is 9.21. The first-order valence-electron chi connectivity index (χ1n) is 6.78. The maximum absolute atomic E-state index is 12.4. The second kappa shape index (κ2) is 6.11. The van der Waals surface area contributed by atoms with E-state index in [0.717, 1.165) is 0 Å². The molecule has 1 aliphatic rings. The van der Waals surface area contributed by atoms with Gasteiger partial charge < -0.3 is 20.6 Å². The molecule has 3 amide bonds. The molecule has 1 saturated heterocycles. The first kappa shape index (κ1) is 16.3. The SMILES string of the molecule is CCN(CC(C)C(=O)O)C(=O)N1CCC(C)(C(N)=O)C1. The number of rotatable bonds is 5. The van der Waals surface area contributed by atoms with Crippen LogP contribution in [-0.2, 0) is 9.59 Å². The van der Waals surface area contributed by atoms with Crippen LogP contribution in [0.4, 0.5) is 4.79 Å². The summed E-state index contributed by atoms with van der Waals surface area (Å²) < 4.78 is 0. The highest BCUT2D eigenvalue weighted by Crippen LogP contribution is 2.30. The monoisotopic (exact) mass is 285 g/mol. The van der Waals surface area contributed by atoms with Crippen molar-refractivity contribution in [2.24, 2.45) is 17.1 Å². The van der Waals surface area contributed by atoms with Gasteiger partial charge in [-0.1, -0.05) is 6.92 Å². The molecule has 0 aromatic carbocycles. The minimum atomic E-state index is -0.931. The summed E-state index contributed by atoms with van der Waals surface area (Å²) in [5, 5.41) is 8.92. The molecule has 0 radical (unpaired) electrons. The Bertz CT molecular complexity index is 408. The molecular weight excluding hydrogens is 262 g/mol. The second-order valence-corrected chi connectivity index (χ2v) is 5.66. The number of likely N-dealkylation sites (tertiary alicyclic amines) is 1. The Morgan fingerprint density at radius 1 is 1.45 bits per heavy atom. The molecule has 0 spiro atoms. The predicted octanol–water partition coefficient (Wildman–Crippen LogP) is 0.346. The van der Waals surface area contributed by atoms with Gasteiger partial charge in [0, 0.05) is 26.2 Å². The van der Waals surface area contributed by atoms with Gasteiger partial charge in [0.25, 0.3) is 0 Å². The summed E-state index contributed by atoms with van der Waals surface area (Å²) >= 11 is 0. The van der Waals surface area contributed by atoms with Gasteiger partial charge in [0.1, 0.15) is 0 Å². The number of nitrogens with two attached hydrogens (primary N) is 1. The van der Waals surface area contributed by atoms with Gasteiger partial charge in [-0.15, -0.1) is 0 Å². The third-order valence-corrected chi connectivity index (χ3v) is 3.91. The zero-order valence-electron chi connectivity index (χ0n) is 12.3. The first-order valence-corrected chi connectivity index (χ1v) is 6.78. The van der Waals surface area contributed by atoms with Gasteiger partial charge in [-0.05, 0) is 20.3 Å². The number of primary amides is 1. The number of carboxylic acid groups (broad SMARTS) is 1. The normalized spacial score (nSPS) is 23.4. The Kier molecular flexibility index (Phi) is 4.97. The summed E-state index contributed by atoms with van der Waals surface area (Å²) in [4.78, 5) is 37.7. The maximum Gasteiger partial charge on any atom is 0.320 e. The van der Waals surface area contributed by atoms with E-state index in [2.05, 4.69) is 0 Å². The Morgan fingerprint density at radius 3 is 2.45 bits per heavy atom. The van der Waals surface area contributed by atoms with Crippen LogP contribution in [0.15, 0.2) is 0 Å². The van der Waals surface area contributed by atoms with Gasteiger partial charge in [-0.2, -0.15) is 0 Å². The van der Waals surface area contributed by atoms with Crippen LogP contribution in [0.3, 0.4) is 0 Å². The molecule has 1 heterocycles. The average Bonchev–Trinajstić information content (AvgIpc) is 2.78. The van der Waals surface area contributed by atoms with Crippen molar-refractivity contribution >= 4 is 17.9 Å². The topological polar surface area (TPSA) is 104 Å². The Balaban J connectivity index is 2.69. The number of carbonyl (C=O) groups excluding carboxylic acids is 2. The molecule has 0 saturated carbocycles. The highest BCUT2D eigenvalue weighted by atomic mass is 16.4. The van der Waals surface area contributed by atoms with Gasteiger partial charge in [0.15, 0.2) is 0 Å². The smallest absolute Gasteiger partial charge is 0.320 e. The fourth-order valence-corrected chi connectivity index (χ4v) is 2.28. The summed E-state index contributed by atoms with van der Waals surface area (Å²) in [5.74, 6) is -1.96. The Labute approximate surface area is 118 Å². The third kappa shape index (κ3) is 3.40. The molecule has 7 nitrogen and oxygen atoms in total. The van der Waals surface area contributed by atoms with E-state index in [4.69, 9.17) is 10.8 Å². The van der Waals surface area contributed by atoms with Crippen LogP contribution in [0.25, 0.3) is 0 Å². The maximum atomic E-state index is 12.4. The van der Waals surface area contributed by atoms with Crippen LogP contribution in [-0.4, -0.2) is 59.0 Å². The molecule has 0 bridgehead atoms. The van der Waals surface area contributed by atoms with Crippen LogP contribution >= 0.6 is 0 Å². The molecule has 2 atom stereocenters. The van der Waals surface area contributed by atoms with E-state index in [1.54, 1.807) is 25.7 Å². The van der Waals surface area contributed by atoms with Crippen molar-refractivity contribution in [1.29, 1.82) is 0 Å². The van der Waals surface area contributed by atoms with Crippen molar-refractivity contribution in [1.82, 2.24) is 9.80 Å². The highest BCUT2D eigenvalue weighted by Gasteiger charge is 2.41. The molecule has 7 heteroatoms. The van der Waals surface area contributed by atoms with Crippen molar-refractivity contribution in [3.05, 3.63) is 0 Å². The standard InChI is InChI=1S/C13H23N3O4/c1-4-15(7-9(2)10(17)18)12(20)16-6-5-13(3,8-16)11(14)19/h9H,4-8H2,1-3H3,(H2,14,19)(H,17,18). The molecule has 3 N–H and O–H groups in total. The van der Waals surface area contributed by atoms with Crippen LogP contribution in [0.5, 0.6) is 0 Å². The van der Waals surface area contributed by atoms with Crippen LogP contribution in [0.2, 0.25) is 0 Å². The highest BCUT2D eigenvalue weighted by molar-refractivity contribution is 5.83. The van der Waals surface area contributed by atoms with E-state index in [0.29, 0.717) is 26.1 Å². The number of amides is 3. The lowest BCUT2D eigenvalue weighted by molar-refractivity contribution is -0.141.